The van der Waals surface area contributed by atoms with E-state index in [1.165, 1.54) is 23.8 Å². The Labute approximate surface area is 163 Å². The molecular formula is C22H26F3N2O+. The van der Waals surface area contributed by atoms with Gasteiger partial charge in [-0.25, -0.2) is 0 Å². The van der Waals surface area contributed by atoms with Gasteiger partial charge in [-0.1, -0.05) is 42.5 Å². The minimum Gasteiger partial charge on any atom is -0.325 e. The fourth-order valence-corrected chi connectivity index (χ4v) is 3.90. The van der Waals surface area contributed by atoms with Crippen molar-refractivity contribution in [2.24, 2.45) is 5.92 Å². The van der Waals surface area contributed by atoms with E-state index in [4.69, 9.17) is 0 Å². The summed E-state index contributed by atoms with van der Waals surface area (Å²) < 4.78 is 39.4. The van der Waals surface area contributed by atoms with Crippen LogP contribution in [-0.4, -0.2) is 25.0 Å². The minimum absolute atomic E-state index is 0.176. The van der Waals surface area contributed by atoms with Crippen molar-refractivity contribution in [3.05, 3.63) is 65.7 Å². The molecule has 0 aliphatic carbocycles. The molecular weight excluding hydrogens is 365 g/mol. The molecule has 28 heavy (non-hydrogen) atoms. The maximum atomic E-state index is 13.1. The predicted octanol–water partition coefficient (Wildman–Crippen LogP) is 3.57. The SMILES string of the molecule is C[C@H](C(=O)Nc1ccccc1C(F)(F)F)[NH+]1CCC(Cc2ccccc2)CC1. The summed E-state index contributed by atoms with van der Waals surface area (Å²) in [6.07, 6.45) is -1.43. The van der Waals surface area contributed by atoms with Gasteiger partial charge in [0.2, 0.25) is 0 Å². The summed E-state index contributed by atoms with van der Waals surface area (Å²) in [6.45, 7) is 3.50. The van der Waals surface area contributed by atoms with E-state index in [9.17, 15) is 18.0 Å². The first-order chi connectivity index (χ1) is 13.3. The first kappa shape index (κ1) is 20.4. The number of amides is 1. The van der Waals surface area contributed by atoms with Gasteiger partial charge in [0, 0.05) is 0 Å². The van der Waals surface area contributed by atoms with Crippen LogP contribution in [-0.2, 0) is 17.4 Å². The molecule has 1 fully saturated rings. The van der Waals surface area contributed by atoms with Gasteiger partial charge in [0.15, 0.2) is 6.04 Å². The third kappa shape index (κ3) is 5.13. The highest BCUT2D eigenvalue weighted by atomic mass is 19.4. The van der Waals surface area contributed by atoms with Crippen molar-refractivity contribution < 1.29 is 22.9 Å². The lowest BCUT2D eigenvalue weighted by Gasteiger charge is -2.32. The lowest BCUT2D eigenvalue weighted by Crippen LogP contribution is -3.17. The molecule has 0 saturated carbocycles. The Hall–Kier alpha value is -2.34. The van der Waals surface area contributed by atoms with Crippen LogP contribution in [0.2, 0.25) is 0 Å². The number of benzene rings is 2. The zero-order valence-electron chi connectivity index (χ0n) is 15.9. The molecule has 1 heterocycles. The molecule has 3 nitrogen and oxygen atoms in total. The smallest absolute Gasteiger partial charge is 0.325 e. The molecule has 0 spiro atoms. The van der Waals surface area contributed by atoms with Crippen LogP contribution in [0.3, 0.4) is 0 Å². The van der Waals surface area contributed by atoms with E-state index in [1.807, 2.05) is 18.2 Å². The normalized spacial score (nSPS) is 21.1. The average molecular weight is 391 g/mol. The maximum absolute atomic E-state index is 13.1. The number of quaternary nitrogens is 1. The Morgan fingerprint density at radius 3 is 2.32 bits per heavy atom. The Bertz CT molecular complexity index is 784. The molecule has 1 aliphatic rings. The molecule has 2 aromatic carbocycles. The number of carbonyl (C=O) groups is 1. The number of hydrogen-bond donors (Lipinski definition) is 2. The van der Waals surface area contributed by atoms with Gasteiger partial charge in [0.1, 0.15) is 0 Å². The fraction of sp³-hybridized carbons (Fsp3) is 0.409. The predicted molar refractivity (Wildman–Crippen MR) is 103 cm³/mol. The van der Waals surface area contributed by atoms with E-state index < -0.39 is 11.7 Å². The maximum Gasteiger partial charge on any atom is 0.418 e. The first-order valence-corrected chi connectivity index (χ1v) is 9.70. The second kappa shape index (κ2) is 8.78. The lowest BCUT2D eigenvalue weighted by molar-refractivity contribution is -0.919. The van der Waals surface area contributed by atoms with Gasteiger partial charge in [-0.15, -0.1) is 0 Å². The van der Waals surface area contributed by atoms with E-state index in [0.29, 0.717) is 5.92 Å². The minimum atomic E-state index is -4.49. The summed E-state index contributed by atoms with van der Waals surface area (Å²) >= 11 is 0. The van der Waals surface area contributed by atoms with Gasteiger partial charge < -0.3 is 10.2 Å². The summed E-state index contributed by atoms with van der Waals surface area (Å²) in [4.78, 5) is 13.7. The van der Waals surface area contributed by atoms with Crippen LogP contribution in [0.25, 0.3) is 0 Å². The highest BCUT2D eigenvalue weighted by molar-refractivity contribution is 5.94. The number of para-hydroxylation sites is 1. The van der Waals surface area contributed by atoms with Crippen molar-refractivity contribution in [3.63, 3.8) is 0 Å². The second-order valence-corrected chi connectivity index (χ2v) is 7.55. The van der Waals surface area contributed by atoms with E-state index in [0.717, 1.165) is 43.3 Å². The van der Waals surface area contributed by atoms with Gasteiger partial charge >= 0.3 is 6.18 Å². The summed E-state index contributed by atoms with van der Waals surface area (Å²) in [5.74, 6) is 0.223. The monoisotopic (exact) mass is 391 g/mol. The molecule has 150 valence electrons. The summed E-state index contributed by atoms with van der Waals surface area (Å²) in [5.41, 5.74) is 0.336. The molecule has 6 heteroatoms. The van der Waals surface area contributed by atoms with Crippen LogP contribution in [0, 0.1) is 5.92 Å². The number of piperidine rings is 1. The number of halogens is 3. The van der Waals surface area contributed by atoms with Crippen molar-refractivity contribution in [2.45, 2.75) is 38.4 Å². The van der Waals surface area contributed by atoms with E-state index in [1.54, 1.807) is 6.92 Å². The van der Waals surface area contributed by atoms with Gasteiger partial charge in [-0.2, -0.15) is 13.2 Å². The van der Waals surface area contributed by atoms with E-state index in [2.05, 4.69) is 17.4 Å². The quantitative estimate of drug-likeness (QED) is 0.803. The summed E-state index contributed by atoms with van der Waals surface area (Å²) in [7, 11) is 0. The van der Waals surface area contributed by atoms with Crippen LogP contribution in [0.15, 0.2) is 54.6 Å². The highest BCUT2D eigenvalue weighted by Gasteiger charge is 2.35. The topological polar surface area (TPSA) is 33.5 Å². The van der Waals surface area contributed by atoms with Crippen molar-refractivity contribution in [3.8, 4) is 0 Å². The molecule has 1 aliphatic heterocycles. The lowest BCUT2D eigenvalue weighted by atomic mass is 9.89. The zero-order chi connectivity index (χ0) is 20.1. The second-order valence-electron chi connectivity index (χ2n) is 7.55. The standard InChI is InChI=1S/C22H25F3N2O/c1-16(21(28)26-20-10-6-5-9-19(20)22(23,24)25)27-13-11-18(12-14-27)15-17-7-3-2-4-8-17/h2-10,16,18H,11-15H2,1H3,(H,26,28)/p+1/t16-/m1/s1. The third-order valence-corrected chi connectivity index (χ3v) is 5.61. The van der Waals surface area contributed by atoms with Crippen molar-refractivity contribution >= 4 is 11.6 Å². The van der Waals surface area contributed by atoms with Crippen molar-refractivity contribution in [1.82, 2.24) is 0 Å². The first-order valence-electron chi connectivity index (χ1n) is 9.70. The van der Waals surface area contributed by atoms with Crippen LogP contribution in [0.1, 0.15) is 30.9 Å². The molecule has 2 N–H and O–H groups in total. The number of likely N-dealkylation sites (tertiary alicyclic amines) is 1. The fourth-order valence-electron chi connectivity index (χ4n) is 3.90. The third-order valence-electron chi connectivity index (χ3n) is 5.61. The molecule has 0 bridgehead atoms. The summed E-state index contributed by atoms with van der Waals surface area (Å²) in [6, 6.07) is 15.1. The molecule has 2 aromatic rings. The molecule has 0 unspecified atom stereocenters. The molecule has 1 saturated heterocycles. The zero-order valence-corrected chi connectivity index (χ0v) is 15.9. The molecule has 1 amide bonds. The number of carbonyl (C=O) groups excluding carboxylic acids is 1. The summed E-state index contributed by atoms with van der Waals surface area (Å²) in [5, 5.41) is 2.49. The van der Waals surface area contributed by atoms with Crippen LogP contribution < -0.4 is 10.2 Å². The Balaban J connectivity index is 1.55. The number of rotatable bonds is 5. The molecule has 0 aromatic heterocycles. The van der Waals surface area contributed by atoms with Crippen molar-refractivity contribution in [1.29, 1.82) is 0 Å². The highest BCUT2D eigenvalue weighted by Crippen LogP contribution is 2.34. The molecule has 1 atom stereocenters. The van der Waals surface area contributed by atoms with Gasteiger partial charge in [0.05, 0.1) is 24.3 Å². The number of hydrogen-bond acceptors (Lipinski definition) is 1. The largest absolute Gasteiger partial charge is 0.418 e. The van der Waals surface area contributed by atoms with Gasteiger partial charge in [-0.3, -0.25) is 4.79 Å². The average Bonchev–Trinajstić information content (AvgIpc) is 2.68. The van der Waals surface area contributed by atoms with Crippen molar-refractivity contribution in [2.75, 3.05) is 18.4 Å². The number of anilines is 1. The van der Waals surface area contributed by atoms with Crippen LogP contribution in [0.4, 0.5) is 18.9 Å². The molecule has 0 radical (unpaired) electrons. The van der Waals surface area contributed by atoms with E-state index >= 15 is 0 Å². The van der Waals surface area contributed by atoms with Gasteiger partial charge in [-0.05, 0) is 49.8 Å². The Kier molecular flexibility index (Phi) is 6.39. The Morgan fingerprint density at radius 2 is 1.68 bits per heavy atom. The Morgan fingerprint density at radius 1 is 1.07 bits per heavy atom. The van der Waals surface area contributed by atoms with Gasteiger partial charge in [0.25, 0.3) is 5.91 Å². The number of nitrogens with one attached hydrogen (secondary N) is 2. The van der Waals surface area contributed by atoms with Crippen LogP contribution in [0.5, 0.6) is 0 Å². The van der Waals surface area contributed by atoms with Crippen LogP contribution >= 0.6 is 0 Å². The van der Waals surface area contributed by atoms with E-state index in [-0.39, 0.29) is 17.6 Å². The number of alkyl halides is 3. The molecule has 3 rings (SSSR count).